The van der Waals surface area contributed by atoms with Crippen LogP contribution in [0.3, 0.4) is 0 Å². The van der Waals surface area contributed by atoms with Crippen molar-refractivity contribution < 1.29 is 56.8 Å². The molecule has 1 saturated heterocycles. The highest BCUT2D eigenvalue weighted by Crippen LogP contribution is 2.24. The summed E-state index contributed by atoms with van der Waals surface area (Å²) >= 11 is 0. The van der Waals surface area contributed by atoms with Gasteiger partial charge in [-0.05, 0) is 77.0 Å². The van der Waals surface area contributed by atoms with Crippen LogP contribution in [0, 0.1) is 0 Å². The van der Waals surface area contributed by atoms with E-state index in [4.69, 9.17) is 18.9 Å². The molecule has 0 saturated carbocycles. The van der Waals surface area contributed by atoms with Gasteiger partial charge in [-0.1, -0.05) is 126 Å². The summed E-state index contributed by atoms with van der Waals surface area (Å²) in [4.78, 5) is 25.3. The Morgan fingerprint density at radius 3 is 1.64 bits per heavy atom. The van der Waals surface area contributed by atoms with E-state index in [1.807, 2.05) is 0 Å². The molecule has 0 bridgehead atoms. The van der Waals surface area contributed by atoms with Gasteiger partial charge in [0.05, 0.1) is 6.61 Å². The molecule has 0 aromatic heterocycles. The predicted octanol–water partition coefficient (Wildman–Crippen LogP) is 8.56. The summed E-state index contributed by atoms with van der Waals surface area (Å²) in [5.74, 6) is -2.04. The Bertz CT molecular complexity index is 1310. The van der Waals surface area contributed by atoms with Crippen molar-refractivity contribution in [2.75, 3.05) is 19.0 Å². The molecule has 0 aromatic carbocycles. The summed E-state index contributed by atoms with van der Waals surface area (Å²) in [5.41, 5.74) is 0. The molecule has 4 N–H and O–H groups in total. The number of carbonyl (C=O) groups is 2. The topological polar surface area (TPSA) is 186 Å². The molecule has 13 heteroatoms. The third-order valence-corrected chi connectivity index (χ3v) is 10.3. The number of esters is 2. The monoisotopic (exact) mass is 841 g/mol. The van der Waals surface area contributed by atoms with E-state index in [9.17, 15) is 37.9 Å². The summed E-state index contributed by atoms with van der Waals surface area (Å²) in [6.45, 7) is 3.57. The second-order valence-corrected chi connectivity index (χ2v) is 16.5. The molecule has 6 atom stereocenters. The second-order valence-electron chi connectivity index (χ2n) is 15.0. The predicted molar refractivity (Wildman–Crippen MR) is 229 cm³/mol. The lowest BCUT2D eigenvalue weighted by atomic mass is 10.00. The van der Waals surface area contributed by atoms with Crippen LogP contribution in [0.5, 0.6) is 0 Å². The number of hydrogen-bond donors (Lipinski definition) is 4. The first-order valence-electron chi connectivity index (χ1n) is 21.8. The SMILES string of the molecule is CC/C=C\C/C=C\C/C=C\CCCCCC(=O)OC(COC(=O)CCCCCCCCC/C=C\C/C=C\CCCCC)COC1OC(CS(=O)(=O)O)C(O)C(O)C1O. The van der Waals surface area contributed by atoms with Gasteiger partial charge in [-0.2, -0.15) is 8.42 Å². The first-order valence-corrected chi connectivity index (χ1v) is 23.5. The maximum absolute atomic E-state index is 12.8. The van der Waals surface area contributed by atoms with Crippen molar-refractivity contribution in [1.82, 2.24) is 0 Å². The first kappa shape index (κ1) is 53.4. The molecule has 1 fully saturated rings. The van der Waals surface area contributed by atoms with Gasteiger partial charge in [0.25, 0.3) is 10.1 Å². The molecule has 334 valence electrons. The van der Waals surface area contributed by atoms with Gasteiger partial charge in [0.1, 0.15) is 36.8 Å². The van der Waals surface area contributed by atoms with Crippen LogP contribution in [0.2, 0.25) is 0 Å². The lowest BCUT2D eigenvalue weighted by Crippen LogP contribution is -2.60. The van der Waals surface area contributed by atoms with E-state index in [2.05, 4.69) is 74.6 Å². The van der Waals surface area contributed by atoms with Crippen LogP contribution < -0.4 is 0 Å². The lowest BCUT2D eigenvalue weighted by Gasteiger charge is -2.40. The van der Waals surface area contributed by atoms with E-state index in [0.717, 1.165) is 77.0 Å². The molecule has 1 heterocycles. The minimum absolute atomic E-state index is 0.125. The van der Waals surface area contributed by atoms with E-state index in [1.54, 1.807) is 0 Å². The fourth-order valence-corrected chi connectivity index (χ4v) is 6.88. The quantitative estimate of drug-likeness (QED) is 0.0207. The second kappa shape index (κ2) is 35.1. The Kier molecular flexibility index (Phi) is 32.3. The van der Waals surface area contributed by atoms with E-state index in [-0.39, 0.29) is 19.4 Å². The maximum atomic E-state index is 12.8. The Labute approximate surface area is 349 Å². The van der Waals surface area contributed by atoms with Crippen molar-refractivity contribution >= 4 is 22.1 Å². The van der Waals surface area contributed by atoms with Crippen LogP contribution in [0.4, 0.5) is 0 Å². The number of rotatable bonds is 35. The fourth-order valence-electron chi connectivity index (χ4n) is 6.19. The minimum Gasteiger partial charge on any atom is -0.462 e. The van der Waals surface area contributed by atoms with Gasteiger partial charge >= 0.3 is 11.9 Å². The van der Waals surface area contributed by atoms with Crippen molar-refractivity contribution in [3.05, 3.63) is 60.8 Å². The summed E-state index contributed by atoms with van der Waals surface area (Å²) < 4.78 is 53.9. The molecule has 1 aliphatic rings. The van der Waals surface area contributed by atoms with Crippen LogP contribution in [0.25, 0.3) is 0 Å². The van der Waals surface area contributed by atoms with E-state index in [1.165, 1.54) is 38.5 Å². The van der Waals surface area contributed by atoms with Gasteiger partial charge in [0.15, 0.2) is 12.4 Å². The number of unbranched alkanes of at least 4 members (excludes halogenated alkanes) is 13. The molecular weight excluding hydrogens is 765 g/mol. The first-order chi connectivity index (χ1) is 28.0. The van der Waals surface area contributed by atoms with Gasteiger partial charge < -0.3 is 34.3 Å². The highest BCUT2D eigenvalue weighted by Gasteiger charge is 2.46. The standard InChI is InChI=1S/C45H76O12S/c1-3-5-7-9-11-13-15-17-18-19-20-22-23-25-27-29-31-33-40(46)54-35-38(36-55-45-44(50)43(49)42(48)39(57-45)37-58(51,52)53)56-41(47)34-32-30-28-26-24-21-16-14-12-10-8-6-4-2/h6,8,11-14,17-18,21,24,38-39,42-45,48-50H,3-5,7,9-10,15-16,19-20,22-23,25-37H2,1-2H3,(H,51,52,53)/b8-6-,13-11-,14-12-,18-17-,24-21-. The molecule has 0 radical (unpaired) electrons. The lowest BCUT2D eigenvalue weighted by molar-refractivity contribution is -0.297. The largest absolute Gasteiger partial charge is 0.462 e. The van der Waals surface area contributed by atoms with Crippen LogP contribution in [0.1, 0.15) is 155 Å². The average molecular weight is 841 g/mol. The van der Waals surface area contributed by atoms with Crippen molar-refractivity contribution in [3.8, 4) is 0 Å². The summed E-state index contributed by atoms with van der Waals surface area (Å²) in [6.07, 6.45) is 32.7. The van der Waals surface area contributed by atoms with E-state index in [0.29, 0.717) is 12.8 Å². The van der Waals surface area contributed by atoms with Crippen molar-refractivity contribution in [1.29, 1.82) is 0 Å². The van der Waals surface area contributed by atoms with Crippen molar-refractivity contribution in [2.45, 2.75) is 192 Å². The molecule has 6 unspecified atom stereocenters. The fraction of sp³-hybridized carbons (Fsp3) is 0.733. The molecular formula is C45H76O12S. The molecule has 0 amide bonds. The molecule has 58 heavy (non-hydrogen) atoms. The zero-order valence-electron chi connectivity index (χ0n) is 35.4. The summed E-state index contributed by atoms with van der Waals surface area (Å²) in [7, 11) is -4.61. The Morgan fingerprint density at radius 1 is 0.603 bits per heavy atom. The van der Waals surface area contributed by atoms with Crippen LogP contribution >= 0.6 is 0 Å². The Morgan fingerprint density at radius 2 is 1.09 bits per heavy atom. The van der Waals surface area contributed by atoms with Gasteiger partial charge in [0, 0.05) is 12.8 Å². The highest BCUT2D eigenvalue weighted by atomic mass is 32.2. The molecule has 12 nitrogen and oxygen atoms in total. The minimum atomic E-state index is -4.61. The molecule has 0 spiro atoms. The van der Waals surface area contributed by atoms with Crippen LogP contribution in [-0.2, 0) is 38.7 Å². The normalized spacial score (nSPS) is 21.0. The number of carbonyl (C=O) groups excluding carboxylic acids is 2. The van der Waals surface area contributed by atoms with Gasteiger partial charge in [-0.15, -0.1) is 0 Å². The van der Waals surface area contributed by atoms with Crippen LogP contribution in [-0.4, -0.2) is 96.0 Å². The van der Waals surface area contributed by atoms with E-state index < -0.39 is 71.2 Å². The Balaban J connectivity index is 2.48. The van der Waals surface area contributed by atoms with Crippen molar-refractivity contribution in [2.24, 2.45) is 0 Å². The average Bonchev–Trinajstić information content (AvgIpc) is 3.18. The smallest absolute Gasteiger partial charge is 0.306 e. The molecule has 0 aliphatic carbocycles. The van der Waals surface area contributed by atoms with E-state index >= 15 is 0 Å². The summed E-state index contributed by atoms with van der Waals surface area (Å²) in [5, 5.41) is 30.8. The zero-order valence-corrected chi connectivity index (χ0v) is 36.2. The number of ether oxygens (including phenoxy) is 4. The third-order valence-electron chi connectivity index (χ3n) is 9.58. The molecule has 0 aromatic rings. The molecule has 1 aliphatic heterocycles. The molecule has 1 rings (SSSR count). The number of aliphatic hydroxyl groups excluding tert-OH is 3. The number of hydrogen-bond acceptors (Lipinski definition) is 11. The van der Waals surface area contributed by atoms with Gasteiger partial charge in [-0.25, -0.2) is 0 Å². The Hall–Kier alpha value is -2.65. The van der Waals surface area contributed by atoms with Gasteiger partial charge in [0.2, 0.25) is 0 Å². The third kappa shape index (κ3) is 29.5. The highest BCUT2D eigenvalue weighted by molar-refractivity contribution is 7.85. The number of aliphatic hydroxyl groups is 3. The van der Waals surface area contributed by atoms with Crippen molar-refractivity contribution in [3.63, 3.8) is 0 Å². The van der Waals surface area contributed by atoms with Crippen LogP contribution in [0.15, 0.2) is 60.8 Å². The zero-order chi connectivity index (χ0) is 42.7. The maximum Gasteiger partial charge on any atom is 0.306 e. The van der Waals surface area contributed by atoms with Gasteiger partial charge in [-0.3, -0.25) is 14.1 Å². The number of allylic oxidation sites excluding steroid dienone is 10. The summed E-state index contributed by atoms with van der Waals surface area (Å²) in [6, 6.07) is 0.